The number of fused-ring (bicyclic) bond motifs is 1. The van der Waals surface area contributed by atoms with Gasteiger partial charge in [-0.3, -0.25) is 14.3 Å². The minimum absolute atomic E-state index is 0.0284. The minimum atomic E-state index is -0.287. The summed E-state index contributed by atoms with van der Waals surface area (Å²) in [5.41, 5.74) is 3.92. The van der Waals surface area contributed by atoms with E-state index in [2.05, 4.69) is 42.9 Å². The van der Waals surface area contributed by atoms with Crippen molar-refractivity contribution in [2.75, 3.05) is 20.1 Å². The Kier molecular flexibility index (Phi) is 4.32. The Hall–Kier alpha value is -2.18. The first-order valence-electron chi connectivity index (χ1n) is 8.98. The quantitative estimate of drug-likeness (QED) is 0.754. The van der Waals surface area contributed by atoms with Gasteiger partial charge in [0.25, 0.3) is 5.56 Å². The average molecular weight is 369 g/mol. The predicted octanol–water partition coefficient (Wildman–Crippen LogP) is 3.30. The number of aromatic nitrogens is 2. The molecule has 0 spiro atoms. The van der Waals surface area contributed by atoms with Crippen molar-refractivity contribution in [1.29, 1.82) is 0 Å². The number of nitrogens with one attached hydrogen (secondary N) is 1. The third-order valence-corrected chi connectivity index (χ3v) is 6.43. The van der Waals surface area contributed by atoms with E-state index < -0.39 is 0 Å². The Morgan fingerprint density at radius 3 is 2.54 bits per heavy atom. The molecule has 0 aliphatic carbocycles. The topological polar surface area (TPSA) is 58.1 Å². The molecule has 2 aromatic heterocycles. The Bertz CT molecular complexity index is 1080. The maximum atomic E-state index is 13.3. The molecule has 26 heavy (non-hydrogen) atoms. The normalized spacial score (nSPS) is 16.4. The summed E-state index contributed by atoms with van der Waals surface area (Å²) in [4.78, 5) is 31.7. The van der Waals surface area contributed by atoms with Crippen LogP contribution in [-0.4, -0.2) is 34.6 Å². The van der Waals surface area contributed by atoms with Gasteiger partial charge in [-0.25, -0.2) is 4.79 Å². The highest BCUT2D eigenvalue weighted by molar-refractivity contribution is 7.17. The summed E-state index contributed by atoms with van der Waals surface area (Å²) in [5.74, 6) is 0. The maximum Gasteiger partial charge on any atom is 0.329 e. The molecule has 136 valence electrons. The lowest BCUT2D eigenvalue weighted by molar-refractivity contribution is 0.216. The first kappa shape index (κ1) is 17.2. The molecule has 1 aliphatic rings. The van der Waals surface area contributed by atoms with Gasteiger partial charge in [0.05, 0.1) is 5.39 Å². The molecular weight excluding hydrogens is 346 g/mol. The van der Waals surface area contributed by atoms with E-state index in [1.165, 1.54) is 27.0 Å². The summed E-state index contributed by atoms with van der Waals surface area (Å²) in [6.07, 6.45) is 1.65. The van der Waals surface area contributed by atoms with Crippen molar-refractivity contribution in [1.82, 2.24) is 14.5 Å². The molecular formula is C20H23N3O2S. The second-order valence-corrected chi connectivity index (χ2v) is 8.17. The van der Waals surface area contributed by atoms with Crippen LogP contribution in [0.15, 0.2) is 33.2 Å². The van der Waals surface area contributed by atoms with Gasteiger partial charge in [0.15, 0.2) is 0 Å². The highest BCUT2D eigenvalue weighted by atomic mass is 32.1. The van der Waals surface area contributed by atoms with Crippen molar-refractivity contribution in [3.63, 3.8) is 0 Å². The smallest absolute Gasteiger partial charge is 0.306 e. The van der Waals surface area contributed by atoms with E-state index in [0.717, 1.165) is 37.1 Å². The molecule has 0 radical (unpaired) electrons. The summed E-state index contributed by atoms with van der Waals surface area (Å²) in [6, 6.07) is 6.21. The molecule has 4 rings (SSSR count). The zero-order chi connectivity index (χ0) is 18.4. The van der Waals surface area contributed by atoms with Crippen LogP contribution < -0.4 is 11.2 Å². The number of piperidine rings is 1. The molecule has 1 saturated heterocycles. The summed E-state index contributed by atoms with van der Waals surface area (Å²) < 4.78 is 1.45. The van der Waals surface area contributed by atoms with Gasteiger partial charge in [-0.1, -0.05) is 18.2 Å². The molecule has 1 aliphatic heterocycles. The number of aromatic amines is 1. The van der Waals surface area contributed by atoms with Gasteiger partial charge in [0, 0.05) is 17.0 Å². The van der Waals surface area contributed by atoms with E-state index in [0.29, 0.717) is 10.2 Å². The fourth-order valence-electron chi connectivity index (χ4n) is 3.74. The highest BCUT2D eigenvalue weighted by Crippen LogP contribution is 2.32. The first-order valence-corrected chi connectivity index (χ1v) is 9.86. The van der Waals surface area contributed by atoms with Crippen molar-refractivity contribution < 1.29 is 0 Å². The molecule has 0 amide bonds. The Morgan fingerprint density at radius 1 is 1.12 bits per heavy atom. The Morgan fingerprint density at radius 2 is 1.85 bits per heavy atom. The SMILES string of the molecule is Cc1ccc(-c2csc3[nH]c(=O)n(C4CCN(C)CC4)c(=O)c23)cc1C. The van der Waals surface area contributed by atoms with E-state index in [1.54, 1.807) is 0 Å². The second kappa shape index (κ2) is 6.52. The third-order valence-electron chi connectivity index (χ3n) is 5.53. The number of thiophene rings is 1. The van der Waals surface area contributed by atoms with Crippen LogP contribution >= 0.6 is 11.3 Å². The lowest BCUT2D eigenvalue weighted by Gasteiger charge is -2.29. The van der Waals surface area contributed by atoms with E-state index in [1.807, 2.05) is 11.4 Å². The van der Waals surface area contributed by atoms with Crippen molar-refractivity contribution in [3.05, 3.63) is 55.5 Å². The van der Waals surface area contributed by atoms with Crippen LogP contribution in [0.1, 0.15) is 30.0 Å². The molecule has 1 aromatic carbocycles. The lowest BCUT2D eigenvalue weighted by Crippen LogP contribution is -2.42. The van der Waals surface area contributed by atoms with Crippen molar-refractivity contribution in [3.8, 4) is 11.1 Å². The fraction of sp³-hybridized carbons (Fsp3) is 0.400. The Labute approximate surface area is 155 Å². The molecule has 3 heterocycles. The number of hydrogen-bond acceptors (Lipinski definition) is 4. The zero-order valence-electron chi connectivity index (χ0n) is 15.3. The van der Waals surface area contributed by atoms with E-state index >= 15 is 0 Å². The summed E-state index contributed by atoms with van der Waals surface area (Å²) in [7, 11) is 2.07. The first-order chi connectivity index (χ1) is 12.5. The number of likely N-dealkylation sites (tertiary alicyclic amines) is 1. The fourth-order valence-corrected chi connectivity index (χ4v) is 4.69. The van der Waals surface area contributed by atoms with Crippen LogP contribution in [0.2, 0.25) is 0 Å². The molecule has 1 N–H and O–H groups in total. The van der Waals surface area contributed by atoms with Gasteiger partial charge in [-0.2, -0.15) is 0 Å². The number of aryl methyl sites for hydroxylation is 2. The molecule has 0 bridgehead atoms. The van der Waals surface area contributed by atoms with Gasteiger partial charge < -0.3 is 4.90 Å². The van der Waals surface area contributed by atoms with Gasteiger partial charge >= 0.3 is 5.69 Å². The second-order valence-electron chi connectivity index (χ2n) is 7.29. The van der Waals surface area contributed by atoms with Crippen molar-refractivity contribution >= 4 is 21.6 Å². The molecule has 1 fully saturated rings. The Balaban J connectivity index is 1.89. The van der Waals surface area contributed by atoms with E-state index in [9.17, 15) is 9.59 Å². The highest BCUT2D eigenvalue weighted by Gasteiger charge is 2.23. The summed E-state index contributed by atoms with van der Waals surface area (Å²) in [5, 5.41) is 2.61. The van der Waals surface area contributed by atoms with Crippen LogP contribution in [0.4, 0.5) is 0 Å². The van der Waals surface area contributed by atoms with Crippen molar-refractivity contribution in [2.24, 2.45) is 0 Å². The minimum Gasteiger partial charge on any atom is -0.306 e. The monoisotopic (exact) mass is 369 g/mol. The molecule has 3 aromatic rings. The molecule has 0 atom stereocenters. The van der Waals surface area contributed by atoms with E-state index in [4.69, 9.17) is 0 Å². The van der Waals surface area contributed by atoms with Gasteiger partial charge in [-0.05, 0) is 63.5 Å². The average Bonchev–Trinajstić information content (AvgIpc) is 3.03. The van der Waals surface area contributed by atoms with Crippen LogP contribution in [0.5, 0.6) is 0 Å². The predicted molar refractivity (Wildman–Crippen MR) is 107 cm³/mol. The summed E-state index contributed by atoms with van der Waals surface area (Å²) in [6.45, 7) is 5.96. The van der Waals surface area contributed by atoms with Gasteiger partial charge in [0.1, 0.15) is 4.83 Å². The van der Waals surface area contributed by atoms with Crippen LogP contribution in [0.3, 0.4) is 0 Å². The number of hydrogen-bond donors (Lipinski definition) is 1. The lowest BCUT2D eigenvalue weighted by atomic mass is 10.0. The third kappa shape index (κ3) is 2.83. The number of H-pyrrole nitrogens is 1. The zero-order valence-corrected chi connectivity index (χ0v) is 16.2. The molecule has 0 unspecified atom stereocenters. The molecule has 6 heteroatoms. The van der Waals surface area contributed by atoms with Crippen LogP contribution in [0.25, 0.3) is 21.3 Å². The standard InChI is InChI=1S/C20H23N3O2S/c1-12-4-5-14(10-13(12)2)16-11-26-18-17(16)19(24)23(20(25)21-18)15-6-8-22(3)9-7-15/h4-5,10-11,15H,6-9H2,1-3H3,(H,21,25). The van der Waals surface area contributed by atoms with Crippen LogP contribution in [-0.2, 0) is 0 Å². The van der Waals surface area contributed by atoms with Gasteiger partial charge in [-0.15, -0.1) is 11.3 Å². The van der Waals surface area contributed by atoms with Crippen LogP contribution in [0, 0.1) is 13.8 Å². The van der Waals surface area contributed by atoms with E-state index in [-0.39, 0.29) is 17.3 Å². The number of benzene rings is 1. The maximum absolute atomic E-state index is 13.3. The molecule has 5 nitrogen and oxygen atoms in total. The van der Waals surface area contributed by atoms with Crippen molar-refractivity contribution in [2.45, 2.75) is 32.7 Å². The van der Waals surface area contributed by atoms with Gasteiger partial charge in [0.2, 0.25) is 0 Å². The summed E-state index contributed by atoms with van der Waals surface area (Å²) >= 11 is 1.43. The molecule has 0 saturated carbocycles. The number of rotatable bonds is 2. The number of nitrogens with zero attached hydrogens (tertiary/aromatic N) is 2. The largest absolute Gasteiger partial charge is 0.329 e.